The summed E-state index contributed by atoms with van der Waals surface area (Å²) in [5.41, 5.74) is 10.7. The zero-order valence-electron chi connectivity index (χ0n) is 20.8. The Kier molecular flexibility index (Phi) is 7.78. The van der Waals surface area contributed by atoms with Crippen LogP contribution in [0.5, 0.6) is 0 Å². The molecule has 4 rings (SSSR count). The first kappa shape index (κ1) is 25.2. The number of likely N-dealkylation sites (tertiary alicyclic amines) is 2. The fraction of sp³-hybridized carbons (Fsp3) is 0.407. The number of nitrogens with one attached hydrogen (secondary N) is 1. The average Bonchev–Trinajstić information content (AvgIpc) is 3.43. The zero-order valence-corrected chi connectivity index (χ0v) is 22.0. The number of piperidine rings is 1. The molecule has 186 valence electrons. The Labute approximate surface area is 210 Å². The maximum Gasteiger partial charge on any atom is 0.321 e. The van der Waals surface area contributed by atoms with Crippen molar-refractivity contribution in [2.24, 2.45) is 18.2 Å². The number of nitrogens with two attached hydrogens (primary N) is 1. The quantitative estimate of drug-likeness (QED) is 0.479. The number of urea groups is 1. The highest BCUT2D eigenvalue weighted by molar-refractivity contribution is 7.27. The van der Waals surface area contributed by atoms with Crippen molar-refractivity contribution in [1.82, 2.24) is 24.9 Å². The molecule has 2 fully saturated rings. The SMILES string of the molecule is C=C(NC(=O)N1CCC2(CCCN(Cc3cnn(C)c3)C2)C1)/C(N)=C\C=C(/C)c1ccc(P)cc1. The standard InChI is InChI=1S/C27H37N6OP/c1-20(23-6-8-24(35)9-7-23)5-10-25(28)21(2)30-26(34)33-14-12-27(19-33)11-4-13-32(18-27)17-22-15-29-31(3)16-22/h5-10,15-16H,2,4,11-14,17-19,28,35H2,1,3H3,(H,30,34)/b20-5+,25-10+. The van der Waals surface area contributed by atoms with Gasteiger partial charge in [0.15, 0.2) is 0 Å². The van der Waals surface area contributed by atoms with E-state index in [9.17, 15) is 4.79 Å². The van der Waals surface area contributed by atoms with Crippen LogP contribution >= 0.6 is 9.24 Å². The van der Waals surface area contributed by atoms with Crippen molar-refractivity contribution >= 4 is 26.1 Å². The van der Waals surface area contributed by atoms with Gasteiger partial charge in [0.2, 0.25) is 0 Å². The monoisotopic (exact) mass is 492 g/mol. The molecule has 1 aromatic carbocycles. The van der Waals surface area contributed by atoms with Crippen LogP contribution in [0, 0.1) is 5.41 Å². The van der Waals surface area contributed by atoms with Crippen molar-refractivity contribution in [3.63, 3.8) is 0 Å². The highest BCUT2D eigenvalue weighted by Crippen LogP contribution is 2.39. The number of nitrogens with zero attached hydrogens (tertiary/aromatic N) is 4. The lowest BCUT2D eigenvalue weighted by molar-refractivity contribution is 0.0899. The number of rotatable bonds is 6. The minimum absolute atomic E-state index is 0.121. The summed E-state index contributed by atoms with van der Waals surface area (Å²) < 4.78 is 1.85. The number of carbonyl (C=O) groups excluding carboxylic acids is 1. The van der Waals surface area contributed by atoms with Gasteiger partial charge in [0.1, 0.15) is 0 Å². The van der Waals surface area contributed by atoms with Gasteiger partial charge in [-0.2, -0.15) is 5.10 Å². The van der Waals surface area contributed by atoms with Gasteiger partial charge in [-0.25, -0.2) is 4.79 Å². The largest absolute Gasteiger partial charge is 0.397 e. The van der Waals surface area contributed by atoms with E-state index < -0.39 is 0 Å². The summed E-state index contributed by atoms with van der Waals surface area (Å²) >= 11 is 0. The second kappa shape index (κ2) is 10.8. The molecule has 2 unspecified atom stereocenters. The Morgan fingerprint density at radius 2 is 2.00 bits per heavy atom. The van der Waals surface area contributed by atoms with Crippen LogP contribution in [0.1, 0.15) is 37.3 Å². The average molecular weight is 493 g/mol. The smallest absolute Gasteiger partial charge is 0.321 e. The second-order valence-corrected chi connectivity index (χ2v) is 10.7. The van der Waals surface area contributed by atoms with Gasteiger partial charge in [0, 0.05) is 50.4 Å². The Hall–Kier alpha value is -2.89. The Bertz CT molecular complexity index is 1130. The lowest BCUT2D eigenvalue weighted by Gasteiger charge is -2.40. The van der Waals surface area contributed by atoms with E-state index in [0.29, 0.717) is 11.4 Å². The fourth-order valence-electron chi connectivity index (χ4n) is 5.14. The highest BCUT2D eigenvalue weighted by Gasteiger charge is 2.42. The lowest BCUT2D eigenvalue weighted by atomic mass is 9.79. The number of aryl methyl sites for hydroxylation is 1. The molecule has 0 bridgehead atoms. The van der Waals surface area contributed by atoms with E-state index in [4.69, 9.17) is 5.73 Å². The van der Waals surface area contributed by atoms with E-state index in [1.54, 1.807) is 6.08 Å². The van der Waals surface area contributed by atoms with Crippen LogP contribution < -0.4 is 16.4 Å². The molecular weight excluding hydrogens is 455 g/mol. The normalized spacial score (nSPS) is 21.5. The predicted molar refractivity (Wildman–Crippen MR) is 146 cm³/mol. The lowest BCUT2D eigenvalue weighted by Crippen LogP contribution is -2.46. The van der Waals surface area contributed by atoms with Crippen LogP contribution in [0.15, 0.2) is 66.8 Å². The molecule has 3 heterocycles. The van der Waals surface area contributed by atoms with Crippen LogP contribution in [0.2, 0.25) is 0 Å². The molecule has 0 saturated carbocycles. The molecule has 2 amide bonds. The van der Waals surface area contributed by atoms with E-state index in [2.05, 4.69) is 61.6 Å². The molecule has 2 aromatic rings. The summed E-state index contributed by atoms with van der Waals surface area (Å²) in [7, 11) is 4.64. The van der Waals surface area contributed by atoms with Crippen molar-refractivity contribution < 1.29 is 4.79 Å². The summed E-state index contributed by atoms with van der Waals surface area (Å²) in [5.74, 6) is 0. The van der Waals surface area contributed by atoms with Crippen LogP contribution in [0.25, 0.3) is 5.57 Å². The summed E-state index contributed by atoms with van der Waals surface area (Å²) in [4.78, 5) is 17.4. The molecule has 0 aliphatic carbocycles. The minimum Gasteiger partial charge on any atom is -0.397 e. The highest BCUT2D eigenvalue weighted by atomic mass is 31.0. The third-order valence-corrected chi connectivity index (χ3v) is 7.50. The number of hydrogen-bond donors (Lipinski definition) is 2. The Morgan fingerprint density at radius 1 is 1.23 bits per heavy atom. The molecule has 2 aliphatic rings. The summed E-state index contributed by atoms with van der Waals surface area (Å²) in [6.07, 6.45) is 11.1. The van der Waals surface area contributed by atoms with Crippen molar-refractivity contribution in [3.05, 3.63) is 77.9 Å². The van der Waals surface area contributed by atoms with E-state index in [1.807, 2.05) is 35.8 Å². The van der Waals surface area contributed by atoms with Gasteiger partial charge in [-0.15, -0.1) is 9.24 Å². The third kappa shape index (κ3) is 6.41. The molecule has 1 aromatic heterocycles. The van der Waals surface area contributed by atoms with Crippen LogP contribution in [0.3, 0.4) is 0 Å². The first-order chi connectivity index (χ1) is 16.7. The molecule has 35 heavy (non-hydrogen) atoms. The van der Waals surface area contributed by atoms with Gasteiger partial charge in [0.25, 0.3) is 0 Å². The molecule has 2 atom stereocenters. The van der Waals surface area contributed by atoms with Gasteiger partial charge in [-0.3, -0.25) is 9.58 Å². The third-order valence-electron chi connectivity index (χ3n) is 7.12. The molecule has 7 nitrogen and oxygen atoms in total. The molecule has 2 aliphatic heterocycles. The maximum absolute atomic E-state index is 13.0. The summed E-state index contributed by atoms with van der Waals surface area (Å²) in [6.45, 7) is 10.6. The van der Waals surface area contributed by atoms with E-state index in [1.165, 1.54) is 5.56 Å². The number of amides is 2. The number of allylic oxidation sites excluding steroid dienone is 3. The van der Waals surface area contributed by atoms with Crippen molar-refractivity contribution in [2.45, 2.75) is 32.7 Å². The van der Waals surface area contributed by atoms with Crippen molar-refractivity contribution in [1.29, 1.82) is 0 Å². The van der Waals surface area contributed by atoms with E-state index >= 15 is 0 Å². The van der Waals surface area contributed by atoms with Crippen LogP contribution in [-0.4, -0.2) is 51.8 Å². The van der Waals surface area contributed by atoms with Gasteiger partial charge >= 0.3 is 6.03 Å². The number of aromatic nitrogens is 2. The second-order valence-electron chi connectivity index (χ2n) is 10.0. The number of carbonyl (C=O) groups is 1. The Morgan fingerprint density at radius 3 is 2.71 bits per heavy atom. The van der Waals surface area contributed by atoms with Crippen molar-refractivity contribution in [2.75, 3.05) is 26.2 Å². The molecule has 8 heteroatoms. The summed E-state index contributed by atoms with van der Waals surface area (Å²) in [5, 5.41) is 8.35. The predicted octanol–water partition coefficient (Wildman–Crippen LogP) is 3.38. The summed E-state index contributed by atoms with van der Waals surface area (Å²) in [6, 6.07) is 8.12. The van der Waals surface area contributed by atoms with E-state index in [-0.39, 0.29) is 11.4 Å². The minimum atomic E-state index is -0.121. The first-order valence-electron chi connectivity index (χ1n) is 12.2. The fourth-order valence-corrected chi connectivity index (χ4v) is 5.33. The Balaban J connectivity index is 1.31. The van der Waals surface area contributed by atoms with Gasteiger partial charge in [0.05, 0.1) is 17.6 Å². The van der Waals surface area contributed by atoms with Gasteiger partial charge < -0.3 is 16.0 Å². The maximum atomic E-state index is 13.0. The molecule has 0 radical (unpaired) electrons. The topological polar surface area (TPSA) is 79.4 Å². The molecule has 1 spiro atoms. The first-order valence-corrected chi connectivity index (χ1v) is 12.8. The zero-order chi connectivity index (χ0) is 25.0. The molecular formula is C27H37N6OP. The van der Waals surface area contributed by atoms with Crippen molar-refractivity contribution in [3.8, 4) is 0 Å². The van der Waals surface area contributed by atoms with Gasteiger partial charge in [-0.1, -0.05) is 36.9 Å². The molecule has 3 N–H and O–H groups in total. The van der Waals surface area contributed by atoms with Crippen LogP contribution in [-0.2, 0) is 13.6 Å². The van der Waals surface area contributed by atoms with E-state index in [0.717, 1.165) is 68.4 Å². The molecule has 2 saturated heterocycles. The van der Waals surface area contributed by atoms with Gasteiger partial charge in [-0.05, 0) is 55.2 Å². The number of hydrogen-bond acceptors (Lipinski definition) is 4. The number of benzene rings is 1. The van der Waals surface area contributed by atoms with Crippen LogP contribution in [0.4, 0.5) is 4.79 Å².